The lowest BCUT2D eigenvalue weighted by Crippen LogP contribution is -2.34. The summed E-state index contributed by atoms with van der Waals surface area (Å²) in [6.45, 7) is 7.39. The van der Waals surface area contributed by atoms with Crippen LogP contribution >= 0.6 is 0 Å². The van der Waals surface area contributed by atoms with Gasteiger partial charge in [-0.15, -0.1) is 0 Å². The number of hydrogen-bond donors (Lipinski definition) is 1. The second-order valence-electron chi connectivity index (χ2n) is 5.11. The molecule has 1 rings (SSSR count). The second kappa shape index (κ2) is 5.76. The molecule has 1 unspecified atom stereocenters. The number of nitrogens with one attached hydrogen (secondary N) is 1. The molecule has 0 bridgehead atoms. The largest absolute Gasteiger partial charge is 0.496 e. The van der Waals surface area contributed by atoms with E-state index in [1.165, 1.54) is 0 Å². The average molecular weight is 251 g/mol. The number of carbonyl (C=O) groups is 1. The molecule has 0 aromatic heterocycles. The lowest BCUT2D eigenvalue weighted by molar-refractivity contribution is 0.0507. The molecule has 1 atom stereocenters. The number of hydrogen-bond acceptors (Lipinski definition) is 3. The van der Waals surface area contributed by atoms with Crippen LogP contribution in [-0.4, -0.2) is 18.8 Å². The quantitative estimate of drug-likeness (QED) is 0.896. The van der Waals surface area contributed by atoms with E-state index in [9.17, 15) is 4.79 Å². The van der Waals surface area contributed by atoms with Crippen LogP contribution in [0.5, 0.6) is 5.75 Å². The van der Waals surface area contributed by atoms with E-state index in [-0.39, 0.29) is 6.04 Å². The van der Waals surface area contributed by atoms with Crippen molar-refractivity contribution in [1.82, 2.24) is 5.32 Å². The van der Waals surface area contributed by atoms with E-state index < -0.39 is 11.7 Å². The summed E-state index contributed by atoms with van der Waals surface area (Å²) < 4.78 is 10.5. The molecule has 0 saturated carbocycles. The first-order chi connectivity index (χ1) is 8.33. The Morgan fingerprint density at radius 1 is 1.28 bits per heavy atom. The van der Waals surface area contributed by atoms with Crippen molar-refractivity contribution in [2.45, 2.75) is 39.3 Å². The predicted molar refractivity (Wildman–Crippen MR) is 70.8 cm³/mol. The maximum Gasteiger partial charge on any atom is 0.408 e. The Morgan fingerprint density at radius 2 is 1.89 bits per heavy atom. The number of amides is 1. The van der Waals surface area contributed by atoms with Crippen molar-refractivity contribution in [3.8, 4) is 5.75 Å². The topological polar surface area (TPSA) is 47.6 Å². The molecule has 4 nitrogen and oxygen atoms in total. The van der Waals surface area contributed by atoms with E-state index in [0.29, 0.717) is 0 Å². The van der Waals surface area contributed by atoms with Crippen LogP contribution in [0.2, 0.25) is 0 Å². The second-order valence-corrected chi connectivity index (χ2v) is 5.11. The minimum Gasteiger partial charge on any atom is -0.496 e. The van der Waals surface area contributed by atoms with Crippen molar-refractivity contribution in [2.75, 3.05) is 7.11 Å². The monoisotopic (exact) mass is 251 g/mol. The van der Waals surface area contributed by atoms with Crippen molar-refractivity contribution in [3.63, 3.8) is 0 Å². The molecule has 1 aromatic carbocycles. The van der Waals surface area contributed by atoms with Crippen LogP contribution in [0.4, 0.5) is 4.79 Å². The third-order valence-electron chi connectivity index (χ3n) is 2.34. The molecule has 1 aromatic rings. The fraction of sp³-hybridized carbons (Fsp3) is 0.500. The van der Waals surface area contributed by atoms with E-state index in [4.69, 9.17) is 9.47 Å². The summed E-state index contributed by atoms with van der Waals surface area (Å²) in [5, 5.41) is 2.79. The standard InChI is InChI=1S/C14H21NO3/c1-10(15-13(16)18-14(2,3)4)11-8-6-7-9-12(11)17-5/h6-10H,1-5H3,(H,15,16). The number of methoxy groups -OCH3 is 1. The van der Waals surface area contributed by atoms with Gasteiger partial charge >= 0.3 is 6.09 Å². The SMILES string of the molecule is COc1ccccc1C(C)NC(=O)OC(C)(C)C. The molecule has 0 spiro atoms. The van der Waals surface area contributed by atoms with Gasteiger partial charge in [-0.05, 0) is 33.8 Å². The zero-order valence-electron chi connectivity index (χ0n) is 11.6. The normalized spacial score (nSPS) is 12.7. The smallest absolute Gasteiger partial charge is 0.408 e. The highest BCUT2D eigenvalue weighted by atomic mass is 16.6. The Labute approximate surface area is 108 Å². The van der Waals surface area contributed by atoms with Gasteiger partial charge in [-0.3, -0.25) is 0 Å². The molecule has 0 heterocycles. The van der Waals surface area contributed by atoms with Crippen molar-refractivity contribution in [3.05, 3.63) is 29.8 Å². The van der Waals surface area contributed by atoms with Crippen LogP contribution in [-0.2, 0) is 4.74 Å². The highest BCUT2D eigenvalue weighted by Gasteiger charge is 2.19. The molecule has 0 fully saturated rings. The Morgan fingerprint density at radius 3 is 2.44 bits per heavy atom. The summed E-state index contributed by atoms with van der Waals surface area (Å²) in [6, 6.07) is 7.41. The fourth-order valence-corrected chi connectivity index (χ4v) is 1.59. The van der Waals surface area contributed by atoms with Crippen molar-refractivity contribution < 1.29 is 14.3 Å². The Kier molecular flexibility index (Phi) is 4.59. The average Bonchev–Trinajstić information content (AvgIpc) is 2.26. The molecule has 1 N–H and O–H groups in total. The summed E-state index contributed by atoms with van der Waals surface area (Å²) in [4.78, 5) is 11.7. The lowest BCUT2D eigenvalue weighted by atomic mass is 10.1. The Hall–Kier alpha value is -1.71. The van der Waals surface area contributed by atoms with Crippen molar-refractivity contribution >= 4 is 6.09 Å². The molecule has 0 aliphatic rings. The molecule has 0 aliphatic heterocycles. The van der Waals surface area contributed by atoms with Crippen LogP contribution in [0.25, 0.3) is 0 Å². The van der Waals surface area contributed by atoms with Gasteiger partial charge in [0.05, 0.1) is 13.2 Å². The fourth-order valence-electron chi connectivity index (χ4n) is 1.59. The maximum atomic E-state index is 11.7. The van der Waals surface area contributed by atoms with Crippen molar-refractivity contribution in [1.29, 1.82) is 0 Å². The third kappa shape index (κ3) is 4.28. The van der Waals surface area contributed by atoms with Gasteiger partial charge in [0.25, 0.3) is 0 Å². The van der Waals surface area contributed by atoms with Gasteiger partial charge in [0.2, 0.25) is 0 Å². The van der Waals surface area contributed by atoms with Crippen LogP contribution in [0.3, 0.4) is 0 Å². The Bertz CT molecular complexity index is 410. The molecule has 4 heteroatoms. The predicted octanol–water partition coefficient (Wildman–Crippen LogP) is 3.28. The molecular formula is C14H21NO3. The molecule has 100 valence electrons. The van der Waals surface area contributed by atoms with Crippen LogP contribution in [0, 0.1) is 0 Å². The first-order valence-electron chi connectivity index (χ1n) is 5.96. The van der Waals surface area contributed by atoms with Gasteiger partial charge in [-0.25, -0.2) is 4.79 Å². The zero-order chi connectivity index (χ0) is 13.8. The van der Waals surface area contributed by atoms with E-state index in [2.05, 4.69) is 5.32 Å². The first kappa shape index (κ1) is 14.4. The van der Waals surface area contributed by atoms with Crippen LogP contribution in [0.1, 0.15) is 39.3 Å². The van der Waals surface area contributed by atoms with E-state index >= 15 is 0 Å². The molecule has 0 aliphatic carbocycles. The van der Waals surface area contributed by atoms with E-state index in [0.717, 1.165) is 11.3 Å². The summed E-state index contributed by atoms with van der Waals surface area (Å²) in [5.74, 6) is 0.751. The molecule has 0 saturated heterocycles. The maximum absolute atomic E-state index is 11.7. The summed E-state index contributed by atoms with van der Waals surface area (Å²) >= 11 is 0. The number of rotatable bonds is 3. The number of alkyl carbamates (subject to hydrolysis) is 1. The van der Waals surface area contributed by atoms with Gasteiger partial charge in [-0.1, -0.05) is 18.2 Å². The van der Waals surface area contributed by atoms with Gasteiger partial charge in [0.1, 0.15) is 11.4 Å². The first-order valence-corrected chi connectivity index (χ1v) is 5.96. The summed E-state index contributed by atoms with van der Waals surface area (Å²) in [7, 11) is 1.61. The molecule has 0 radical (unpaired) electrons. The van der Waals surface area contributed by atoms with Gasteiger partial charge < -0.3 is 14.8 Å². The van der Waals surface area contributed by atoms with Crippen molar-refractivity contribution in [2.24, 2.45) is 0 Å². The summed E-state index contributed by atoms with van der Waals surface area (Å²) in [5.41, 5.74) is 0.427. The van der Waals surface area contributed by atoms with Gasteiger partial charge in [-0.2, -0.15) is 0 Å². The zero-order valence-corrected chi connectivity index (χ0v) is 11.6. The van der Waals surface area contributed by atoms with E-state index in [1.54, 1.807) is 7.11 Å². The number of ether oxygens (including phenoxy) is 2. The third-order valence-corrected chi connectivity index (χ3v) is 2.34. The molecule has 18 heavy (non-hydrogen) atoms. The minimum absolute atomic E-state index is 0.170. The number of benzene rings is 1. The highest BCUT2D eigenvalue weighted by molar-refractivity contribution is 5.68. The molecular weight excluding hydrogens is 230 g/mol. The van der Waals surface area contributed by atoms with E-state index in [1.807, 2.05) is 52.0 Å². The number of carbonyl (C=O) groups excluding carboxylic acids is 1. The summed E-state index contributed by atoms with van der Waals surface area (Å²) in [6.07, 6.45) is -0.430. The lowest BCUT2D eigenvalue weighted by Gasteiger charge is -2.22. The van der Waals surface area contributed by atoms with Gasteiger partial charge in [0, 0.05) is 5.56 Å². The number of para-hydroxylation sites is 1. The Balaban J connectivity index is 2.70. The van der Waals surface area contributed by atoms with Crippen LogP contribution in [0.15, 0.2) is 24.3 Å². The van der Waals surface area contributed by atoms with Gasteiger partial charge in [0.15, 0.2) is 0 Å². The highest BCUT2D eigenvalue weighted by Crippen LogP contribution is 2.24. The molecule has 1 amide bonds. The minimum atomic E-state index is -0.495. The van der Waals surface area contributed by atoms with Crippen LogP contribution < -0.4 is 10.1 Å².